The number of non-ortho nitro benzene ring substituents is 1. The van der Waals surface area contributed by atoms with E-state index in [1.54, 1.807) is 23.1 Å². The number of fused-ring (bicyclic) bond motifs is 1. The summed E-state index contributed by atoms with van der Waals surface area (Å²) in [5.74, 6) is -0.455. The van der Waals surface area contributed by atoms with Crippen LogP contribution in [0.4, 0.5) is 24.5 Å². The average molecular weight is 613 g/mol. The average Bonchev–Trinajstić information content (AvgIpc) is 3.41. The zero-order chi connectivity index (χ0) is 31.6. The Bertz CT molecular complexity index is 1820. The number of nitro benzene ring substituents is 1. The second-order valence-corrected chi connectivity index (χ2v) is 11.2. The molecule has 1 aromatic heterocycles. The molecule has 6 rings (SSSR count). The molecule has 1 aliphatic heterocycles. The Labute approximate surface area is 258 Å². The van der Waals surface area contributed by atoms with Gasteiger partial charge < -0.3 is 14.4 Å². The van der Waals surface area contributed by atoms with Crippen LogP contribution >= 0.6 is 0 Å². The number of nitrogens with zero attached hydrogens (tertiary/aromatic N) is 4. The maximum Gasteiger partial charge on any atom is 0.416 e. The molecule has 5 aromatic rings. The van der Waals surface area contributed by atoms with Gasteiger partial charge in [0.15, 0.2) is 0 Å². The van der Waals surface area contributed by atoms with Crippen LogP contribution in [0.15, 0.2) is 109 Å². The summed E-state index contributed by atoms with van der Waals surface area (Å²) in [5, 5.41) is 12.5. The molecular weight excluding hydrogens is 581 g/mol. The van der Waals surface area contributed by atoms with E-state index < -0.39 is 16.7 Å². The molecule has 0 saturated carbocycles. The number of hydrogen-bond donors (Lipinski definition) is 0. The third-order valence-electron chi connectivity index (χ3n) is 8.43. The quantitative estimate of drug-likeness (QED) is 0.135. The first-order valence-electron chi connectivity index (χ1n) is 14.7. The maximum atomic E-state index is 13.8. The van der Waals surface area contributed by atoms with Gasteiger partial charge in [-0.2, -0.15) is 13.2 Å². The number of anilines is 1. The number of amides is 1. The lowest BCUT2D eigenvalue weighted by Crippen LogP contribution is -2.49. The number of carbonyl (C=O) groups is 1. The molecule has 2 heterocycles. The molecule has 10 heteroatoms. The first-order chi connectivity index (χ1) is 21.7. The van der Waals surface area contributed by atoms with E-state index in [1.165, 1.54) is 12.1 Å². The lowest BCUT2D eigenvalue weighted by molar-refractivity contribution is -0.384. The molecule has 0 N–H and O–H groups in total. The van der Waals surface area contributed by atoms with Crippen molar-refractivity contribution in [3.8, 4) is 0 Å². The lowest BCUT2D eigenvalue weighted by atomic mass is 9.87. The molecular formula is C35H31F3N4O3. The van der Waals surface area contributed by atoms with Crippen molar-refractivity contribution < 1.29 is 22.9 Å². The highest BCUT2D eigenvalue weighted by Gasteiger charge is 2.32. The summed E-state index contributed by atoms with van der Waals surface area (Å²) >= 11 is 0. The molecule has 230 valence electrons. The van der Waals surface area contributed by atoms with E-state index in [1.807, 2.05) is 71.8 Å². The molecule has 1 atom stereocenters. The summed E-state index contributed by atoms with van der Waals surface area (Å²) in [7, 11) is 0. The van der Waals surface area contributed by atoms with Gasteiger partial charge in [0, 0.05) is 80.0 Å². The molecule has 1 unspecified atom stereocenters. The molecule has 7 nitrogen and oxygen atoms in total. The van der Waals surface area contributed by atoms with E-state index in [-0.39, 0.29) is 23.9 Å². The molecule has 45 heavy (non-hydrogen) atoms. The van der Waals surface area contributed by atoms with Gasteiger partial charge in [0.25, 0.3) is 5.69 Å². The minimum absolute atomic E-state index is 0.0231. The SMILES string of the molecule is O=C(CC(c1ccccc1)c1cn(Cc2ccccc2)c2ccc([N+](=O)[O-])cc12)N1CCN(c2cccc(C(F)(F)F)c2)CC1. The molecule has 1 fully saturated rings. The smallest absolute Gasteiger partial charge is 0.368 e. The topological polar surface area (TPSA) is 71.6 Å². The van der Waals surface area contributed by atoms with Gasteiger partial charge in [-0.05, 0) is 41.0 Å². The van der Waals surface area contributed by atoms with Crippen LogP contribution in [0, 0.1) is 10.1 Å². The van der Waals surface area contributed by atoms with Crippen molar-refractivity contribution in [1.29, 1.82) is 0 Å². The van der Waals surface area contributed by atoms with E-state index in [4.69, 9.17) is 0 Å². The zero-order valence-corrected chi connectivity index (χ0v) is 24.4. The van der Waals surface area contributed by atoms with Gasteiger partial charge in [-0.3, -0.25) is 14.9 Å². The number of piperazine rings is 1. The van der Waals surface area contributed by atoms with Gasteiger partial charge in [0.05, 0.1) is 10.5 Å². The van der Waals surface area contributed by atoms with Crippen LogP contribution in [0.1, 0.15) is 34.6 Å². The fraction of sp³-hybridized carbons (Fsp3) is 0.229. The number of nitro groups is 1. The number of benzene rings is 4. The van der Waals surface area contributed by atoms with Crippen molar-refractivity contribution in [2.75, 3.05) is 31.1 Å². The van der Waals surface area contributed by atoms with Crippen molar-refractivity contribution in [2.24, 2.45) is 0 Å². The van der Waals surface area contributed by atoms with Gasteiger partial charge in [0.2, 0.25) is 5.91 Å². The van der Waals surface area contributed by atoms with Crippen LogP contribution in [0.5, 0.6) is 0 Å². The molecule has 1 aliphatic rings. The van der Waals surface area contributed by atoms with Crippen molar-refractivity contribution in [1.82, 2.24) is 9.47 Å². The van der Waals surface area contributed by atoms with Crippen LogP contribution in [0.2, 0.25) is 0 Å². The molecule has 0 aliphatic carbocycles. The van der Waals surface area contributed by atoms with E-state index in [0.717, 1.165) is 39.7 Å². The Kier molecular flexibility index (Phi) is 8.30. The summed E-state index contributed by atoms with van der Waals surface area (Å²) in [6, 6.07) is 29.7. The van der Waals surface area contributed by atoms with Gasteiger partial charge in [-0.1, -0.05) is 66.7 Å². The van der Waals surface area contributed by atoms with Gasteiger partial charge >= 0.3 is 6.18 Å². The van der Waals surface area contributed by atoms with Crippen molar-refractivity contribution in [2.45, 2.75) is 25.1 Å². The Morgan fingerprint density at radius 1 is 0.844 bits per heavy atom. The van der Waals surface area contributed by atoms with Crippen LogP contribution in [0.25, 0.3) is 10.9 Å². The van der Waals surface area contributed by atoms with Gasteiger partial charge in [-0.25, -0.2) is 0 Å². The Morgan fingerprint density at radius 3 is 2.20 bits per heavy atom. The highest BCUT2D eigenvalue weighted by Crippen LogP contribution is 2.37. The second-order valence-electron chi connectivity index (χ2n) is 11.2. The number of rotatable bonds is 8. The van der Waals surface area contributed by atoms with Gasteiger partial charge in [-0.15, -0.1) is 0 Å². The van der Waals surface area contributed by atoms with E-state index in [2.05, 4.69) is 4.57 Å². The normalized spacial score (nSPS) is 14.5. The highest BCUT2D eigenvalue weighted by atomic mass is 19.4. The largest absolute Gasteiger partial charge is 0.416 e. The summed E-state index contributed by atoms with van der Waals surface area (Å²) in [6.07, 6.45) is -2.29. The van der Waals surface area contributed by atoms with Crippen LogP contribution in [0.3, 0.4) is 0 Å². The number of halogens is 3. The minimum atomic E-state index is -4.43. The van der Waals surface area contributed by atoms with Crippen LogP contribution in [-0.2, 0) is 17.5 Å². The standard InChI is InChI=1S/C35H31F3N4O3/c36-35(37,38)27-12-7-13-28(20-27)39-16-18-40(19-17-39)34(43)22-30(26-10-5-2-6-11-26)32-24-41(23-25-8-3-1-4-9-25)33-15-14-29(42(44)45)21-31(32)33/h1-15,20-21,24,30H,16-19,22-23H2. The fourth-order valence-corrected chi connectivity index (χ4v) is 6.10. The van der Waals surface area contributed by atoms with Gasteiger partial charge in [0.1, 0.15) is 0 Å². The summed E-state index contributed by atoms with van der Waals surface area (Å²) < 4.78 is 41.9. The summed E-state index contributed by atoms with van der Waals surface area (Å²) in [5.41, 5.74) is 3.41. The number of aromatic nitrogens is 1. The molecule has 1 saturated heterocycles. The Balaban J connectivity index is 1.29. The molecule has 0 radical (unpaired) electrons. The van der Waals surface area contributed by atoms with Crippen LogP contribution < -0.4 is 4.90 Å². The predicted octanol–water partition coefficient (Wildman–Crippen LogP) is 7.49. The molecule has 1 amide bonds. The summed E-state index contributed by atoms with van der Waals surface area (Å²) in [4.78, 5) is 28.8. The van der Waals surface area contributed by atoms with E-state index in [0.29, 0.717) is 38.4 Å². The number of hydrogen-bond acceptors (Lipinski definition) is 4. The van der Waals surface area contributed by atoms with E-state index in [9.17, 15) is 28.1 Å². The van der Waals surface area contributed by atoms with Crippen molar-refractivity contribution >= 4 is 28.2 Å². The minimum Gasteiger partial charge on any atom is -0.368 e. The van der Waals surface area contributed by atoms with Crippen LogP contribution in [-0.4, -0.2) is 46.5 Å². The van der Waals surface area contributed by atoms with Crippen molar-refractivity contribution in [3.05, 3.63) is 142 Å². The molecule has 4 aromatic carbocycles. The first-order valence-corrected chi connectivity index (χ1v) is 14.7. The lowest BCUT2D eigenvalue weighted by Gasteiger charge is -2.37. The third-order valence-corrected chi connectivity index (χ3v) is 8.43. The Morgan fingerprint density at radius 2 is 1.53 bits per heavy atom. The monoisotopic (exact) mass is 612 g/mol. The number of carbonyl (C=O) groups excluding carboxylic acids is 1. The summed E-state index contributed by atoms with van der Waals surface area (Å²) in [6.45, 7) is 2.12. The Hall–Kier alpha value is -5.12. The maximum absolute atomic E-state index is 13.8. The fourth-order valence-electron chi connectivity index (χ4n) is 6.10. The molecule has 0 spiro atoms. The number of alkyl halides is 3. The highest BCUT2D eigenvalue weighted by molar-refractivity contribution is 5.88. The van der Waals surface area contributed by atoms with Crippen molar-refractivity contribution in [3.63, 3.8) is 0 Å². The van der Waals surface area contributed by atoms with E-state index >= 15 is 0 Å². The third kappa shape index (κ3) is 6.55. The second kappa shape index (κ2) is 12.5. The zero-order valence-electron chi connectivity index (χ0n) is 24.4. The first kappa shape index (κ1) is 29.9. The molecule has 0 bridgehead atoms. The predicted molar refractivity (Wildman–Crippen MR) is 167 cm³/mol.